The van der Waals surface area contributed by atoms with E-state index in [-0.39, 0.29) is 0 Å². The molecule has 0 aliphatic carbocycles. The Labute approximate surface area is 113 Å². The number of carbonyl (C=O) groups is 1. The van der Waals surface area contributed by atoms with Gasteiger partial charge < -0.3 is 5.11 Å². The molecule has 0 saturated carbocycles. The molecule has 1 rings (SSSR count). The van der Waals surface area contributed by atoms with Gasteiger partial charge in [-0.05, 0) is 12.5 Å². The van der Waals surface area contributed by atoms with Crippen molar-refractivity contribution >= 4 is 5.97 Å². The summed E-state index contributed by atoms with van der Waals surface area (Å²) in [5.41, 5.74) is 0.847. The third-order valence-corrected chi connectivity index (χ3v) is 1.85. The van der Waals surface area contributed by atoms with Gasteiger partial charge in [0.25, 0.3) is 0 Å². The SMILES string of the molecule is C=CC#N.C=CC#N.CC(C(=O)O)c1ccccc1. The van der Waals surface area contributed by atoms with Crippen LogP contribution in [0, 0.1) is 22.7 Å². The summed E-state index contributed by atoms with van der Waals surface area (Å²) in [6, 6.07) is 12.6. The summed E-state index contributed by atoms with van der Waals surface area (Å²) in [5, 5.41) is 23.6. The van der Waals surface area contributed by atoms with Gasteiger partial charge in [-0.1, -0.05) is 43.5 Å². The molecule has 4 heteroatoms. The lowest BCUT2D eigenvalue weighted by Gasteiger charge is -2.04. The van der Waals surface area contributed by atoms with Crippen LogP contribution in [0.1, 0.15) is 18.4 Å². The van der Waals surface area contributed by atoms with Gasteiger partial charge in [0.05, 0.1) is 18.1 Å². The minimum Gasteiger partial charge on any atom is -0.481 e. The molecular weight excluding hydrogens is 240 g/mol. The number of rotatable bonds is 2. The van der Waals surface area contributed by atoms with Crippen LogP contribution in [0.2, 0.25) is 0 Å². The summed E-state index contributed by atoms with van der Waals surface area (Å²) in [6.45, 7) is 7.91. The van der Waals surface area contributed by atoms with Crippen LogP contribution in [0.5, 0.6) is 0 Å². The van der Waals surface area contributed by atoms with Crippen LogP contribution in [0.15, 0.2) is 55.6 Å². The van der Waals surface area contributed by atoms with Gasteiger partial charge in [-0.3, -0.25) is 4.79 Å². The molecule has 0 amide bonds. The quantitative estimate of drug-likeness (QED) is 0.823. The van der Waals surface area contributed by atoms with E-state index in [1.807, 2.05) is 30.3 Å². The second-order valence-electron chi connectivity index (χ2n) is 3.14. The number of carboxylic acid groups (broad SMARTS) is 1. The predicted octanol–water partition coefficient (Wildman–Crippen LogP) is 3.27. The molecule has 0 aliphatic rings. The topological polar surface area (TPSA) is 84.9 Å². The van der Waals surface area contributed by atoms with E-state index in [4.69, 9.17) is 15.6 Å². The van der Waals surface area contributed by atoms with E-state index in [2.05, 4.69) is 13.2 Å². The van der Waals surface area contributed by atoms with Crippen LogP contribution in [0.4, 0.5) is 0 Å². The molecule has 0 aliphatic heterocycles. The van der Waals surface area contributed by atoms with Crippen molar-refractivity contribution in [3.05, 3.63) is 61.2 Å². The van der Waals surface area contributed by atoms with Crippen LogP contribution in [-0.4, -0.2) is 11.1 Å². The first kappa shape index (κ1) is 18.5. The van der Waals surface area contributed by atoms with Crippen molar-refractivity contribution in [3.8, 4) is 12.1 Å². The molecule has 4 nitrogen and oxygen atoms in total. The third kappa shape index (κ3) is 11.4. The molecular formula is C15H16N2O2. The lowest BCUT2D eigenvalue weighted by molar-refractivity contribution is -0.138. The fourth-order valence-electron chi connectivity index (χ4n) is 0.884. The highest BCUT2D eigenvalue weighted by molar-refractivity contribution is 5.75. The number of nitrogens with zero attached hydrogens (tertiary/aromatic N) is 2. The van der Waals surface area contributed by atoms with E-state index in [1.165, 1.54) is 12.2 Å². The number of nitriles is 2. The van der Waals surface area contributed by atoms with E-state index < -0.39 is 11.9 Å². The summed E-state index contributed by atoms with van der Waals surface area (Å²) >= 11 is 0. The second-order valence-corrected chi connectivity index (χ2v) is 3.14. The molecule has 1 unspecified atom stereocenters. The zero-order valence-corrected chi connectivity index (χ0v) is 10.8. The molecule has 0 saturated heterocycles. The number of carboxylic acids is 1. The molecule has 0 bridgehead atoms. The van der Waals surface area contributed by atoms with Gasteiger partial charge in [0.1, 0.15) is 0 Å². The van der Waals surface area contributed by atoms with Gasteiger partial charge in [-0.25, -0.2) is 0 Å². The van der Waals surface area contributed by atoms with Gasteiger partial charge in [0.15, 0.2) is 0 Å². The van der Waals surface area contributed by atoms with Crippen LogP contribution >= 0.6 is 0 Å². The van der Waals surface area contributed by atoms with Crippen LogP contribution in [-0.2, 0) is 4.79 Å². The normalized spacial score (nSPS) is 8.79. The summed E-state index contributed by atoms with van der Waals surface area (Å²) in [7, 11) is 0. The minimum atomic E-state index is -0.781. The highest BCUT2D eigenvalue weighted by Gasteiger charge is 2.11. The van der Waals surface area contributed by atoms with Gasteiger partial charge in [0.2, 0.25) is 0 Å². The molecule has 0 fully saturated rings. The van der Waals surface area contributed by atoms with Gasteiger partial charge in [-0.15, -0.1) is 0 Å². The standard InChI is InChI=1S/C9H10O2.2C3H3N/c1-7(9(10)11)8-5-3-2-4-6-8;2*1-2-3-4/h2-7H,1H3,(H,10,11);2*2H,1H2. The summed E-state index contributed by atoms with van der Waals surface area (Å²) in [4.78, 5) is 10.5. The fourth-order valence-corrected chi connectivity index (χ4v) is 0.884. The molecule has 0 spiro atoms. The zero-order chi connectivity index (χ0) is 15.1. The molecule has 1 aromatic rings. The maximum Gasteiger partial charge on any atom is 0.310 e. The summed E-state index contributed by atoms with van der Waals surface area (Å²) < 4.78 is 0. The second kappa shape index (κ2) is 13.2. The van der Waals surface area contributed by atoms with Gasteiger partial charge in [0, 0.05) is 12.2 Å². The van der Waals surface area contributed by atoms with Crippen molar-refractivity contribution in [2.24, 2.45) is 0 Å². The molecule has 0 heterocycles. The van der Waals surface area contributed by atoms with Crippen molar-refractivity contribution in [1.82, 2.24) is 0 Å². The highest BCUT2D eigenvalue weighted by atomic mass is 16.4. The summed E-state index contributed by atoms with van der Waals surface area (Å²) in [6.07, 6.45) is 2.36. The Morgan fingerprint density at radius 3 is 1.84 bits per heavy atom. The predicted molar refractivity (Wildman–Crippen MR) is 74.1 cm³/mol. The first-order valence-corrected chi connectivity index (χ1v) is 5.33. The van der Waals surface area contributed by atoms with E-state index >= 15 is 0 Å². The Balaban J connectivity index is 0. The first-order chi connectivity index (χ1) is 9.04. The van der Waals surface area contributed by atoms with Crippen LogP contribution in [0.25, 0.3) is 0 Å². The largest absolute Gasteiger partial charge is 0.481 e. The Bertz CT molecular complexity index is 449. The van der Waals surface area contributed by atoms with E-state index in [0.29, 0.717) is 0 Å². The number of aliphatic carboxylic acids is 1. The molecule has 98 valence electrons. The Morgan fingerprint density at radius 1 is 1.21 bits per heavy atom. The van der Waals surface area contributed by atoms with Crippen molar-refractivity contribution in [2.75, 3.05) is 0 Å². The first-order valence-electron chi connectivity index (χ1n) is 5.33. The number of hydrogen-bond acceptors (Lipinski definition) is 3. The van der Waals surface area contributed by atoms with Crippen molar-refractivity contribution in [2.45, 2.75) is 12.8 Å². The fraction of sp³-hybridized carbons (Fsp3) is 0.133. The van der Waals surface area contributed by atoms with Crippen molar-refractivity contribution < 1.29 is 9.90 Å². The Kier molecular flexibility index (Phi) is 12.9. The lowest BCUT2D eigenvalue weighted by Crippen LogP contribution is -2.06. The zero-order valence-electron chi connectivity index (χ0n) is 10.8. The highest BCUT2D eigenvalue weighted by Crippen LogP contribution is 2.13. The molecule has 0 radical (unpaired) electrons. The third-order valence-electron chi connectivity index (χ3n) is 1.85. The molecule has 1 aromatic carbocycles. The molecule has 0 aromatic heterocycles. The maximum absolute atomic E-state index is 10.5. The number of allylic oxidation sites excluding steroid dienone is 2. The minimum absolute atomic E-state index is 0.406. The molecule has 1 atom stereocenters. The average molecular weight is 256 g/mol. The lowest BCUT2D eigenvalue weighted by atomic mass is 10.0. The van der Waals surface area contributed by atoms with Gasteiger partial charge >= 0.3 is 5.97 Å². The van der Waals surface area contributed by atoms with E-state index in [0.717, 1.165) is 5.56 Å². The smallest absolute Gasteiger partial charge is 0.310 e. The molecule has 1 N–H and O–H groups in total. The van der Waals surface area contributed by atoms with Crippen LogP contribution < -0.4 is 0 Å². The Hall–Kier alpha value is -2.85. The van der Waals surface area contributed by atoms with Crippen LogP contribution in [0.3, 0.4) is 0 Å². The average Bonchev–Trinajstić information content (AvgIpc) is 2.47. The Morgan fingerprint density at radius 2 is 1.58 bits per heavy atom. The van der Waals surface area contributed by atoms with Gasteiger partial charge in [-0.2, -0.15) is 10.5 Å². The maximum atomic E-state index is 10.5. The van der Waals surface area contributed by atoms with E-state index in [9.17, 15) is 4.79 Å². The van der Waals surface area contributed by atoms with E-state index in [1.54, 1.807) is 19.1 Å². The molecule has 19 heavy (non-hydrogen) atoms. The number of benzene rings is 1. The summed E-state index contributed by atoms with van der Waals surface area (Å²) in [5.74, 6) is -1.19. The number of hydrogen-bond donors (Lipinski definition) is 1. The monoisotopic (exact) mass is 256 g/mol. The van der Waals surface area contributed by atoms with Crippen molar-refractivity contribution in [3.63, 3.8) is 0 Å². The van der Waals surface area contributed by atoms with Crippen molar-refractivity contribution in [1.29, 1.82) is 10.5 Å².